The first-order valence-corrected chi connectivity index (χ1v) is 6.24. The number of aldehydes is 1. The molecule has 0 aliphatic carbocycles. The molecule has 0 saturated carbocycles. The largest absolute Gasteiger partial charge is 0.496 e. The Morgan fingerprint density at radius 2 is 1.80 bits per heavy atom. The number of hydrogen-bond acceptors (Lipinski definition) is 5. The average molecular weight is 280 g/mol. The van der Waals surface area contributed by atoms with Crippen molar-refractivity contribution in [2.75, 3.05) is 14.2 Å². The van der Waals surface area contributed by atoms with Gasteiger partial charge in [-0.05, 0) is 0 Å². The van der Waals surface area contributed by atoms with E-state index in [1.807, 2.05) is 13.8 Å². The Morgan fingerprint density at radius 1 is 1.20 bits per heavy atom. The molecule has 1 aromatic carbocycles. The van der Waals surface area contributed by atoms with Crippen LogP contribution in [0.5, 0.6) is 17.2 Å². The van der Waals surface area contributed by atoms with Gasteiger partial charge in [-0.2, -0.15) is 0 Å². The summed E-state index contributed by atoms with van der Waals surface area (Å²) in [6.45, 7) is 5.10. The molecule has 0 amide bonds. The van der Waals surface area contributed by atoms with Crippen LogP contribution in [-0.2, 0) is 15.0 Å². The van der Waals surface area contributed by atoms with Crippen LogP contribution in [0.2, 0.25) is 0 Å². The fourth-order valence-electron chi connectivity index (χ4n) is 2.06. The molecule has 0 fully saturated rings. The second-order valence-electron chi connectivity index (χ2n) is 5.05. The molecule has 20 heavy (non-hydrogen) atoms. The van der Waals surface area contributed by atoms with Gasteiger partial charge in [0.1, 0.15) is 23.5 Å². The first-order valence-electron chi connectivity index (χ1n) is 6.24. The zero-order chi connectivity index (χ0) is 15.3. The molecular weight excluding hydrogens is 260 g/mol. The predicted octanol–water partition coefficient (Wildman–Crippen LogP) is 2.50. The summed E-state index contributed by atoms with van der Waals surface area (Å²) in [5.41, 5.74) is 0.146. The highest BCUT2D eigenvalue weighted by atomic mass is 16.5. The second kappa shape index (κ2) is 6.41. The van der Waals surface area contributed by atoms with Gasteiger partial charge in [-0.25, -0.2) is 0 Å². The predicted molar refractivity (Wildman–Crippen MR) is 74.6 cm³/mol. The fourth-order valence-corrected chi connectivity index (χ4v) is 2.06. The van der Waals surface area contributed by atoms with Crippen LogP contribution < -0.4 is 14.2 Å². The van der Waals surface area contributed by atoms with Crippen LogP contribution in [0, 0.1) is 0 Å². The number of carbonyl (C=O) groups is 2. The SMILES string of the molecule is COc1cc(OC)c(C(C)(C)CC=O)c(OC(C)=O)c1. The molecule has 0 aliphatic rings. The quantitative estimate of drug-likeness (QED) is 0.455. The summed E-state index contributed by atoms with van der Waals surface area (Å²) < 4.78 is 15.8. The highest BCUT2D eigenvalue weighted by Gasteiger charge is 2.30. The minimum atomic E-state index is -0.524. The molecule has 0 unspecified atom stereocenters. The third kappa shape index (κ3) is 3.50. The average Bonchev–Trinajstić information content (AvgIpc) is 2.36. The van der Waals surface area contributed by atoms with Gasteiger partial charge in [0.15, 0.2) is 0 Å². The van der Waals surface area contributed by atoms with Crippen LogP contribution in [0.25, 0.3) is 0 Å². The highest BCUT2D eigenvalue weighted by Crippen LogP contribution is 2.43. The molecule has 0 heterocycles. The molecule has 5 nitrogen and oxygen atoms in total. The first-order chi connectivity index (χ1) is 9.35. The highest BCUT2D eigenvalue weighted by molar-refractivity contribution is 5.71. The van der Waals surface area contributed by atoms with Gasteiger partial charge in [-0.15, -0.1) is 0 Å². The van der Waals surface area contributed by atoms with Crippen LogP contribution in [0.4, 0.5) is 0 Å². The Hall–Kier alpha value is -2.04. The smallest absolute Gasteiger partial charge is 0.308 e. The van der Waals surface area contributed by atoms with Crippen molar-refractivity contribution in [1.82, 2.24) is 0 Å². The number of benzene rings is 1. The number of esters is 1. The minimum Gasteiger partial charge on any atom is -0.496 e. The summed E-state index contributed by atoms with van der Waals surface area (Å²) in [4.78, 5) is 22.2. The lowest BCUT2D eigenvalue weighted by Gasteiger charge is -2.27. The molecule has 0 aliphatic heterocycles. The van der Waals surface area contributed by atoms with E-state index in [9.17, 15) is 9.59 Å². The van der Waals surface area contributed by atoms with Crippen LogP contribution in [0.3, 0.4) is 0 Å². The van der Waals surface area contributed by atoms with Crippen molar-refractivity contribution in [2.24, 2.45) is 0 Å². The molecule has 0 aromatic heterocycles. The van der Waals surface area contributed by atoms with Crippen molar-refractivity contribution < 1.29 is 23.8 Å². The summed E-state index contributed by atoms with van der Waals surface area (Å²) >= 11 is 0. The van der Waals surface area contributed by atoms with E-state index in [1.165, 1.54) is 21.1 Å². The van der Waals surface area contributed by atoms with Crippen molar-refractivity contribution in [3.8, 4) is 17.2 Å². The summed E-state index contributed by atoms with van der Waals surface area (Å²) in [6, 6.07) is 3.32. The van der Waals surface area contributed by atoms with Crippen molar-refractivity contribution >= 4 is 12.3 Å². The summed E-state index contributed by atoms with van der Waals surface area (Å²) in [6.07, 6.45) is 1.12. The molecule has 0 bridgehead atoms. The fraction of sp³-hybridized carbons (Fsp3) is 0.467. The Balaban J connectivity index is 3.51. The van der Waals surface area contributed by atoms with E-state index in [0.717, 1.165) is 6.29 Å². The summed E-state index contributed by atoms with van der Waals surface area (Å²) in [5, 5.41) is 0. The topological polar surface area (TPSA) is 61.8 Å². The molecule has 1 aromatic rings. The van der Waals surface area contributed by atoms with Crippen molar-refractivity contribution in [3.05, 3.63) is 17.7 Å². The standard InChI is InChI=1S/C15H20O5/c1-10(17)20-13-9-11(18-4)8-12(19-5)14(13)15(2,3)6-7-16/h7-9H,6H2,1-5H3. The third-order valence-electron chi connectivity index (χ3n) is 3.02. The van der Waals surface area contributed by atoms with Gasteiger partial charge >= 0.3 is 5.97 Å². The summed E-state index contributed by atoms with van der Waals surface area (Å²) in [7, 11) is 3.04. The Kier molecular flexibility index (Phi) is 5.13. The van der Waals surface area contributed by atoms with Crippen LogP contribution in [0.15, 0.2) is 12.1 Å². The lowest BCUT2D eigenvalue weighted by molar-refractivity contribution is -0.131. The van der Waals surface area contributed by atoms with Crippen molar-refractivity contribution in [2.45, 2.75) is 32.6 Å². The maximum Gasteiger partial charge on any atom is 0.308 e. The van der Waals surface area contributed by atoms with E-state index >= 15 is 0 Å². The number of rotatable bonds is 6. The van der Waals surface area contributed by atoms with Gasteiger partial charge in [0, 0.05) is 36.5 Å². The lowest BCUT2D eigenvalue weighted by atomic mass is 9.80. The Bertz CT molecular complexity index is 505. The minimum absolute atomic E-state index is 0.282. The zero-order valence-corrected chi connectivity index (χ0v) is 12.5. The van der Waals surface area contributed by atoms with Crippen LogP contribution in [-0.4, -0.2) is 26.5 Å². The van der Waals surface area contributed by atoms with Crippen molar-refractivity contribution in [3.63, 3.8) is 0 Å². The first kappa shape index (κ1) is 16.0. The van der Waals surface area contributed by atoms with E-state index in [1.54, 1.807) is 12.1 Å². The van der Waals surface area contributed by atoms with E-state index < -0.39 is 11.4 Å². The molecule has 0 atom stereocenters. The van der Waals surface area contributed by atoms with E-state index in [4.69, 9.17) is 14.2 Å². The Morgan fingerprint density at radius 3 is 2.25 bits per heavy atom. The van der Waals surface area contributed by atoms with Crippen LogP contribution in [0.1, 0.15) is 32.8 Å². The molecule has 0 N–H and O–H groups in total. The van der Waals surface area contributed by atoms with E-state index in [-0.39, 0.29) is 6.42 Å². The normalized spacial score (nSPS) is 10.8. The molecule has 110 valence electrons. The number of ether oxygens (including phenoxy) is 3. The second-order valence-corrected chi connectivity index (χ2v) is 5.05. The molecule has 0 radical (unpaired) electrons. The number of methoxy groups -OCH3 is 2. The molecule has 0 saturated heterocycles. The number of carbonyl (C=O) groups excluding carboxylic acids is 2. The third-order valence-corrected chi connectivity index (χ3v) is 3.02. The molecule has 1 rings (SSSR count). The van der Waals surface area contributed by atoms with Gasteiger partial charge in [-0.1, -0.05) is 13.8 Å². The van der Waals surface area contributed by atoms with Gasteiger partial charge in [0.2, 0.25) is 0 Å². The van der Waals surface area contributed by atoms with Gasteiger partial charge in [-0.3, -0.25) is 4.79 Å². The molecule has 0 spiro atoms. The monoisotopic (exact) mass is 280 g/mol. The van der Waals surface area contributed by atoms with E-state index in [2.05, 4.69) is 0 Å². The van der Waals surface area contributed by atoms with Gasteiger partial charge in [0.05, 0.1) is 14.2 Å². The maximum atomic E-state index is 11.3. The zero-order valence-electron chi connectivity index (χ0n) is 12.5. The van der Waals surface area contributed by atoms with Gasteiger partial charge < -0.3 is 19.0 Å². The maximum absolute atomic E-state index is 11.3. The van der Waals surface area contributed by atoms with Crippen molar-refractivity contribution in [1.29, 1.82) is 0 Å². The molecular formula is C15H20O5. The molecule has 5 heteroatoms. The Labute approximate surface area is 118 Å². The van der Waals surface area contributed by atoms with Gasteiger partial charge in [0.25, 0.3) is 0 Å². The summed E-state index contributed by atoms with van der Waals surface area (Å²) in [5.74, 6) is 0.945. The van der Waals surface area contributed by atoms with E-state index in [0.29, 0.717) is 22.8 Å². The lowest BCUT2D eigenvalue weighted by Crippen LogP contribution is -2.21. The number of hydrogen-bond donors (Lipinski definition) is 0. The van der Waals surface area contributed by atoms with Crippen LogP contribution >= 0.6 is 0 Å².